The third kappa shape index (κ3) is 4.49. The molecule has 1 aromatic carbocycles. The normalized spacial score (nSPS) is 23.4. The standard InChI is InChI=1S/C19H28N2O3S/c1-18(2,3)25(23)20-16-13-21(12-11-19(16)9-10-19)17(22)24-14-15-7-5-4-6-8-15/h4-8,16,20H,9-14H2,1-3H3. The molecule has 1 aliphatic carbocycles. The summed E-state index contributed by atoms with van der Waals surface area (Å²) in [5.41, 5.74) is 1.20. The van der Waals surface area contributed by atoms with E-state index in [2.05, 4.69) is 4.72 Å². The summed E-state index contributed by atoms with van der Waals surface area (Å²) < 4.78 is 20.9. The highest BCUT2D eigenvalue weighted by atomic mass is 32.2. The van der Waals surface area contributed by atoms with Gasteiger partial charge in [0, 0.05) is 24.5 Å². The minimum absolute atomic E-state index is 0.0746. The molecular formula is C19H28N2O3S. The first-order valence-corrected chi connectivity index (χ1v) is 10.1. The molecule has 138 valence electrons. The highest BCUT2D eigenvalue weighted by molar-refractivity contribution is 7.90. The number of carbonyl (C=O) groups is 1. The molecule has 3 rings (SSSR count). The number of amides is 1. The van der Waals surface area contributed by atoms with Crippen LogP contribution in [0.5, 0.6) is 0 Å². The van der Waals surface area contributed by atoms with E-state index in [4.69, 9.17) is 4.74 Å². The minimum Gasteiger partial charge on any atom is -0.598 e. The molecule has 2 atom stereocenters. The second kappa shape index (κ2) is 7.17. The van der Waals surface area contributed by atoms with Gasteiger partial charge in [0.05, 0.1) is 6.04 Å². The lowest BCUT2D eigenvalue weighted by Gasteiger charge is -2.39. The maximum atomic E-state index is 12.5. The Kier molecular flexibility index (Phi) is 5.32. The summed E-state index contributed by atoms with van der Waals surface area (Å²) in [7, 11) is 0. The van der Waals surface area contributed by atoms with Crippen LogP contribution in [-0.4, -0.2) is 39.4 Å². The van der Waals surface area contributed by atoms with Crippen LogP contribution in [0.4, 0.5) is 4.79 Å². The Hall–Kier alpha value is -1.24. The highest BCUT2D eigenvalue weighted by Crippen LogP contribution is 2.54. The van der Waals surface area contributed by atoms with Crippen LogP contribution < -0.4 is 4.72 Å². The van der Waals surface area contributed by atoms with Crippen molar-refractivity contribution in [3.8, 4) is 0 Å². The van der Waals surface area contributed by atoms with Crippen molar-refractivity contribution >= 4 is 17.5 Å². The fourth-order valence-corrected chi connectivity index (χ4v) is 4.18. The quantitative estimate of drug-likeness (QED) is 0.833. The second-order valence-corrected chi connectivity index (χ2v) is 10.1. The molecule has 0 aromatic heterocycles. The molecule has 1 aromatic rings. The maximum absolute atomic E-state index is 12.5. The summed E-state index contributed by atoms with van der Waals surface area (Å²) in [4.78, 5) is 14.2. The van der Waals surface area contributed by atoms with Crippen molar-refractivity contribution in [1.82, 2.24) is 9.62 Å². The van der Waals surface area contributed by atoms with E-state index >= 15 is 0 Å². The lowest BCUT2D eigenvalue weighted by Crippen LogP contribution is -2.57. The molecular weight excluding hydrogens is 336 g/mol. The van der Waals surface area contributed by atoms with Gasteiger partial charge >= 0.3 is 6.09 Å². The molecule has 25 heavy (non-hydrogen) atoms. The van der Waals surface area contributed by atoms with Gasteiger partial charge in [-0.1, -0.05) is 30.3 Å². The number of hydrogen-bond donors (Lipinski definition) is 1. The van der Waals surface area contributed by atoms with Crippen molar-refractivity contribution in [2.45, 2.75) is 57.4 Å². The van der Waals surface area contributed by atoms with Crippen LogP contribution in [0.15, 0.2) is 30.3 Å². The molecule has 5 nitrogen and oxygen atoms in total. The Morgan fingerprint density at radius 3 is 2.60 bits per heavy atom. The van der Waals surface area contributed by atoms with E-state index in [1.165, 1.54) is 0 Å². The molecule has 1 heterocycles. The summed E-state index contributed by atoms with van der Waals surface area (Å²) in [5, 5.41) is 0. The van der Waals surface area contributed by atoms with E-state index in [1.54, 1.807) is 4.90 Å². The first-order valence-electron chi connectivity index (χ1n) is 8.94. The zero-order valence-electron chi connectivity index (χ0n) is 15.3. The Labute approximate surface area is 153 Å². The van der Waals surface area contributed by atoms with Crippen molar-refractivity contribution in [2.75, 3.05) is 13.1 Å². The number of benzene rings is 1. The number of hydrogen-bond acceptors (Lipinski definition) is 4. The Morgan fingerprint density at radius 1 is 1.32 bits per heavy atom. The number of nitrogens with zero attached hydrogens (tertiary/aromatic N) is 1. The van der Waals surface area contributed by atoms with Crippen molar-refractivity contribution in [1.29, 1.82) is 0 Å². The third-order valence-electron chi connectivity index (χ3n) is 5.18. The average molecular weight is 365 g/mol. The molecule has 1 N–H and O–H groups in total. The average Bonchev–Trinajstić information content (AvgIpc) is 3.35. The van der Waals surface area contributed by atoms with Gasteiger partial charge in [0.2, 0.25) is 0 Å². The lowest BCUT2D eigenvalue weighted by atomic mass is 9.89. The molecule has 0 bridgehead atoms. The number of rotatable bonds is 4. The van der Waals surface area contributed by atoms with Crippen molar-refractivity contribution in [3.05, 3.63) is 35.9 Å². The van der Waals surface area contributed by atoms with Gasteiger partial charge in [-0.05, 0) is 51.0 Å². The molecule has 1 aliphatic heterocycles. The predicted molar refractivity (Wildman–Crippen MR) is 99.3 cm³/mol. The Balaban J connectivity index is 1.57. The van der Waals surface area contributed by atoms with Crippen LogP contribution >= 0.6 is 0 Å². The van der Waals surface area contributed by atoms with Gasteiger partial charge in [0.25, 0.3) is 0 Å². The van der Waals surface area contributed by atoms with Gasteiger partial charge in [-0.15, -0.1) is 4.72 Å². The first-order chi connectivity index (χ1) is 11.8. The zero-order valence-corrected chi connectivity index (χ0v) is 16.1. The predicted octanol–water partition coefficient (Wildman–Crippen LogP) is 3.23. The largest absolute Gasteiger partial charge is 0.598 e. The molecule has 1 spiro atoms. The second-order valence-electron chi connectivity index (χ2n) is 8.15. The number of nitrogens with one attached hydrogen (secondary N) is 1. The number of piperidine rings is 1. The fraction of sp³-hybridized carbons (Fsp3) is 0.632. The summed E-state index contributed by atoms with van der Waals surface area (Å²) >= 11 is -1.13. The summed E-state index contributed by atoms with van der Waals surface area (Å²) in [6.45, 7) is 7.45. The summed E-state index contributed by atoms with van der Waals surface area (Å²) in [6.07, 6.45) is 2.97. The Morgan fingerprint density at radius 2 is 2.00 bits per heavy atom. The monoisotopic (exact) mass is 364 g/mol. The maximum Gasteiger partial charge on any atom is 0.410 e. The number of carbonyl (C=O) groups excluding carboxylic acids is 1. The van der Waals surface area contributed by atoms with Gasteiger partial charge in [0.15, 0.2) is 0 Å². The van der Waals surface area contributed by atoms with Gasteiger partial charge in [-0.2, -0.15) is 0 Å². The topological polar surface area (TPSA) is 64.6 Å². The summed E-state index contributed by atoms with van der Waals surface area (Å²) in [5.74, 6) is 0. The van der Waals surface area contributed by atoms with Crippen LogP contribution in [0.1, 0.15) is 45.6 Å². The molecule has 2 fully saturated rings. The molecule has 2 unspecified atom stereocenters. The van der Waals surface area contributed by atoms with Crippen molar-refractivity contribution in [3.63, 3.8) is 0 Å². The molecule has 1 saturated heterocycles. The molecule has 1 saturated carbocycles. The SMILES string of the molecule is CC(C)(C)[S+]([O-])NC1CN(C(=O)OCc2ccccc2)CCC12CC2. The van der Waals surface area contributed by atoms with Crippen LogP contribution in [0, 0.1) is 5.41 Å². The zero-order chi connectivity index (χ0) is 18.1. The van der Waals surface area contributed by atoms with Crippen LogP contribution in [0.2, 0.25) is 0 Å². The van der Waals surface area contributed by atoms with Crippen LogP contribution in [-0.2, 0) is 22.7 Å². The highest BCUT2D eigenvalue weighted by Gasteiger charge is 2.54. The number of ether oxygens (including phenoxy) is 1. The van der Waals surface area contributed by atoms with Crippen LogP contribution in [0.3, 0.4) is 0 Å². The van der Waals surface area contributed by atoms with E-state index in [0.29, 0.717) is 13.1 Å². The minimum atomic E-state index is -1.13. The first kappa shape index (κ1) is 18.5. The third-order valence-corrected chi connectivity index (χ3v) is 6.79. The van der Waals surface area contributed by atoms with Gasteiger partial charge < -0.3 is 14.2 Å². The van der Waals surface area contributed by atoms with Crippen molar-refractivity contribution < 1.29 is 14.1 Å². The summed E-state index contributed by atoms with van der Waals surface area (Å²) in [6, 6.07) is 9.77. The van der Waals surface area contributed by atoms with Crippen LogP contribution in [0.25, 0.3) is 0 Å². The van der Waals surface area contributed by atoms with Gasteiger partial charge in [0.1, 0.15) is 11.4 Å². The van der Waals surface area contributed by atoms with E-state index < -0.39 is 11.4 Å². The van der Waals surface area contributed by atoms with Gasteiger partial charge in [-0.3, -0.25) is 0 Å². The van der Waals surface area contributed by atoms with Crippen molar-refractivity contribution in [2.24, 2.45) is 5.41 Å². The molecule has 2 aliphatic rings. The fourth-order valence-electron chi connectivity index (χ4n) is 3.24. The lowest BCUT2D eigenvalue weighted by molar-refractivity contribution is 0.0712. The number of likely N-dealkylation sites (tertiary alicyclic amines) is 1. The van der Waals surface area contributed by atoms with E-state index in [1.807, 2.05) is 51.1 Å². The molecule has 1 amide bonds. The smallest absolute Gasteiger partial charge is 0.410 e. The van der Waals surface area contributed by atoms with E-state index in [0.717, 1.165) is 24.8 Å². The molecule has 0 radical (unpaired) electrons. The molecule has 6 heteroatoms. The van der Waals surface area contributed by atoms with E-state index in [-0.39, 0.29) is 28.9 Å². The van der Waals surface area contributed by atoms with Gasteiger partial charge in [-0.25, -0.2) is 4.79 Å². The van der Waals surface area contributed by atoms with E-state index in [9.17, 15) is 9.35 Å². The Bertz CT molecular complexity index is 598.